The minimum atomic E-state index is 0.630. The third-order valence-electron chi connectivity index (χ3n) is 4.56. The maximum atomic E-state index is 2.47. The summed E-state index contributed by atoms with van der Waals surface area (Å²) in [4.78, 5) is 0. The third kappa shape index (κ3) is 2.87. The molecule has 0 spiro atoms. The van der Waals surface area contributed by atoms with E-state index in [0.29, 0.717) is 5.92 Å². The third-order valence-corrected chi connectivity index (χ3v) is 5.79. The fourth-order valence-electron chi connectivity index (χ4n) is 3.49. The average molecular weight is 296 g/mol. The van der Waals surface area contributed by atoms with E-state index in [1.54, 1.807) is 22.0 Å². The number of aryl methyl sites for hydroxylation is 1. The Hall–Kier alpha value is -1.26. The molecule has 1 heterocycles. The molecule has 2 unspecified atom stereocenters. The highest BCUT2D eigenvalue weighted by Gasteiger charge is 2.26. The van der Waals surface area contributed by atoms with Gasteiger partial charge in [0.05, 0.1) is 0 Å². The van der Waals surface area contributed by atoms with Crippen molar-refractivity contribution in [1.82, 2.24) is 0 Å². The van der Waals surface area contributed by atoms with Crippen LogP contribution in [0.4, 0.5) is 0 Å². The van der Waals surface area contributed by atoms with Crippen LogP contribution in [0.1, 0.15) is 67.4 Å². The van der Waals surface area contributed by atoms with Crippen LogP contribution in [0, 0.1) is 0 Å². The second-order valence-corrected chi connectivity index (χ2v) is 7.17. The van der Waals surface area contributed by atoms with Crippen molar-refractivity contribution in [3.63, 3.8) is 0 Å². The Balaban J connectivity index is 1.96. The van der Waals surface area contributed by atoms with Crippen LogP contribution in [-0.4, -0.2) is 0 Å². The van der Waals surface area contributed by atoms with Gasteiger partial charge < -0.3 is 0 Å². The van der Waals surface area contributed by atoms with Crippen LogP contribution >= 0.6 is 8.19 Å². The summed E-state index contributed by atoms with van der Waals surface area (Å²) in [5.41, 5.74) is 6.22. The number of benzene rings is 1. The summed E-state index contributed by atoms with van der Waals surface area (Å²) in [6.45, 7) is 4.59. The number of hydrogen-bond acceptors (Lipinski definition) is 0. The molecule has 1 heteroatoms. The van der Waals surface area contributed by atoms with Crippen LogP contribution in [0.5, 0.6) is 0 Å². The Morgan fingerprint density at radius 2 is 1.90 bits per heavy atom. The van der Waals surface area contributed by atoms with Crippen LogP contribution in [-0.2, 0) is 6.42 Å². The van der Waals surface area contributed by atoms with E-state index in [1.165, 1.54) is 37.7 Å². The second kappa shape index (κ2) is 6.67. The van der Waals surface area contributed by atoms with E-state index in [0.717, 1.165) is 8.19 Å². The molecule has 0 N–H and O–H groups in total. The van der Waals surface area contributed by atoms with Gasteiger partial charge in [-0.15, -0.1) is 8.19 Å². The zero-order valence-corrected chi connectivity index (χ0v) is 14.2. The van der Waals surface area contributed by atoms with Crippen LogP contribution < -0.4 is 0 Å². The van der Waals surface area contributed by atoms with Crippen molar-refractivity contribution in [2.75, 3.05) is 0 Å². The minimum Gasteiger partial charge on any atom is -0.132 e. The van der Waals surface area contributed by atoms with Crippen molar-refractivity contribution in [1.29, 1.82) is 0 Å². The van der Waals surface area contributed by atoms with E-state index in [1.807, 2.05) is 0 Å². The van der Waals surface area contributed by atoms with E-state index < -0.39 is 0 Å². The molecule has 1 aromatic heterocycles. The Morgan fingerprint density at radius 3 is 2.71 bits per heavy atom. The number of allylic oxidation sites excluding steroid dienone is 1. The van der Waals surface area contributed by atoms with Gasteiger partial charge in [0.1, 0.15) is 0 Å². The Kier molecular flexibility index (Phi) is 4.66. The van der Waals surface area contributed by atoms with Crippen molar-refractivity contribution in [3.05, 3.63) is 58.1 Å². The molecular weight excluding hydrogens is 271 g/mol. The average Bonchev–Trinajstić information content (AvgIpc) is 3.10. The highest BCUT2D eigenvalue weighted by molar-refractivity contribution is 7.31. The van der Waals surface area contributed by atoms with Crippen LogP contribution in [0.25, 0.3) is 11.6 Å². The molecule has 0 bridgehead atoms. The first-order valence-electron chi connectivity index (χ1n) is 8.32. The fraction of sp³-hybridized carbons (Fsp3) is 0.400. The first kappa shape index (κ1) is 14.7. The van der Waals surface area contributed by atoms with Crippen molar-refractivity contribution in [2.45, 2.75) is 51.9 Å². The maximum Gasteiger partial charge on any atom is 0.0105 e. The first-order chi connectivity index (χ1) is 10.3. The first-order valence-corrected chi connectivity index (χ1v) is 9.40. The molecule has 1 aromatic carbocycles. The van der Waals surface area contributed by atoms with E-state index in [2.05, 4.69) is 56.1 Å². The van der Waals surface area contributed by atoms with E-state index >= 15 is 0 Å². The maximum absolute atomic E-state index is 2.47. The number of hydrogen-bond donors (Lipinski definition) is 0. The van der Waals surface area contributed by atoms with E-state index in [9.17, 15) is 0 Å². The lowest BCUT2D eigenvalue weighted by Crippen LogP contribution is -1.99. The number of rotatable bonds is 6. The quantitative estimate of drug-likeness (QED) is 0.571. The van der Waals surface area contributed by atoms with Gasteiger partial charge in [0.25, 0.3) is 0 Å². The lowest BCUT2D eigenvalue weighted by Gasteiger charge is -2.17. The highest BCUT2D eigenvalue weighted by Crippen LogP contribution is 2.47. The standard InChI is InChI=1S/C20H25P/c1-3-5-9-15-12-13-21-20(15)19-14-16-10-6-7-11-17(16)18(19)8-4-2/h6-7,10-14,18,21H,3-5,8-9H2,1-2H3. The predicted octanol–water partition coefficient (Wildman–Crippen LogP) is 6.50. The normalized spacial score (nSPS) is 17.2. The number of unbranched alkanes of at least 4 members (excludes halogenated alkanes) is 1. The summed E-state index contributed by atoms with van der Waals surface area (Å²) >= 11 is 0. The minimum absolute atomic E-state index is 0.630. The molecule has 0 saturated carbocycles. The molecule has 0 saturated heterocycles. The van der Waals surface area contributed by atoms with Crippen LogP contribution in [0.2, 0.25) is 0 Å². The van der Waals surface area contributed by atoms with Gasteiger partial charge in [0, 0.05) is 5.92 Å². The summed E-state index contributed by atoms with van der Waals surface area (Å²) in [5.74, 6) is 3.01. The van der Waals surface area contributed by atoms with Crippen molar-refractivity contribution < 1.29 is 0 Å². The Morgan fingerprint density at radius 1 is 1.05 bits per heavy atom. The molecule has 2 aromatic rings. The summed E-state index contributed by atoms with van der Waals surface area (Å²) in [7, 11) is 0.874. The van der Waals surface area contributed by atoms with Gasteiger partial charge in [-0.05, 0) is 58.7 Å². The smallest absolute Gasteiger partial charge is 0.0105 e. The summed E-state index contributed by atoms with van der Waals surface area (Å²) < 4.78 is 0. The van der Waals surface area contributed by atoms with Gasteiger partial charge in [0.15, 0.2) is 0 Å². The molecule has 0 fully saturated rings. The molecule has 110 valence electrons. The molecule has 0 aliphatic heterocycles. The van der Waals surface area contributed by atoms with Crippen molar-refractivity contribution in [2.24, 2.45) is 0 Å². The summed E-state index contributed by atoms with van der Waals surface area (Å²) in [6, 6.07) is 11.4. The van der Waals surface area contributed by atoms with Crippen LogP contribution in [0.3, 0.4) is 0 Å². The molecule has 2 atom stereocenters. The Labute approximate surface area is 130 Å². The van der Waals surface area contributed by atoms with Gasteiger partial charge in [0.2, 0.25) is 0 Å². The fourth-order valence-corrected chi connectivity index (χ4v) is 4.75. The topological polar surface area (TPSA) is 0 Å². The molecule has 0 nitrogen and oxygen atoms in total. The lowest BCUT2D eigenvalue weighted by molar-refractivity contribution is 0.736. The Bertz CT molecular complexity index is 633. The van der Waals surface area contributed by atoms with E-state index in [-0.39, 0.29) is 0 Å². The predicted molar refractivity (Wildman–Crippen MR) is 96.5 cm³/mol. The van der Waals surface area contributed by atoms with Gasteiger partial charge in [-0.3, -0.25) is 0 Å². The second-order valence-electron chi connectivity index (χ2n) is 6.05. The van der Waals surface area contributed by atoms with Gasteiger partial charge in [-0.25, -0.2) is 0 Å². The molecule has 3 rings (SSSR count). The van der Waals surface area contributed by atoms with Crippen molar-refractivity contribution >= 4 is 19.8 Å². The summed E-state index contributed by atoms with van der Waals surface area (Å²) in [6.07, 6.45) is 8.85. The molecule has 1 aliphatic carbocycles. The number of fused-ring (bicyclic) bond motifs is 1. The zero-order valence-electron chi connectivity index (χ0n) is 13.2. The lowest BCUT2D eigenvalue weighted by atomic mass is 9.89. The van der Waals surface area contributed by atoms with Gasteiger partial charge in [-0.2, -0.15) is 0 Å². The zero-order chi connectivity index (χ0) is 14.7. The summed E-state index contributed by atoms with van der Waals surface area (Å²) in [5, 5.41) is 1.65. The van der Waals surface area contributed by atoms with Gasteiger partial charge >= 0.3 is 0 Å². The van der Waals surface area contributed by atoms with Gasteiger partial charge in [-0.1, -0.05) is 57.0 Å². The molecular formula is C20H25P. The van der Waals surface area contributed by atoms with E-state index in [4.69, 9.17) is 0 Å². The molecule has 1 aliphatic rings. The molecule has 0 radical (unpaired) electrons. The molecule has 21 heavy (non-hydrogen) atoms. The monoisotopic (exact) mass is 296 g/mol. The van der Waals surface area contributed by atoms with Crippen molar-refractivity contribution in [3.8, 4) is 0 Å². The largest absolute Gasteiger partial charge is 0.132 e. The highest BCUT2D eigenvalue weighted by atomic mass is 31.0. The van der Waals surface area contributed by atoms with Crippen LogP contribution in [0.15, 0.2) is 36.1 Å². The SMILES string of the molecule is CCCCc1cc[pH]c1C1=Cc2ccccc2C1CCC. The molecule has 0 amide bonds.